The molecule has 0 unspecified atom stereocenters. The van der Waals surface area contributed by atoms with Crippen molar-refractivity contribution in [2.24, 2.45) is 11.3 Å². The van der Waals surface area contributed by atoms with Gasteiger partial charge < -0.3 is 5.32 Å². The van der Waals surface area contributed by atoms with Gasteiger partial charge in [0.05, 0.1) is 11.8 Å². The molecule has 2 aliphatic rings. The quantitative estimate of drug-likeness (QED) is 0.468. The fourth-order valence-electron chi connectivity index (χ4n) is 5.09. The van der Waals surface area contributed by atoms with Crippen LogP contribution >= 0.6 is 0 Å². The Labute approximate surface area is 189 Å². The number of hydrogen-bond donors (Lipinski definition) is 1. The van der Waals surface area contributed by atoms with Crippen molar-refractivity contribution in [3.8, 4) is 6.07 Å². The Morgan fingerprint density at radius 3 is 2.75 bits per heavy atom. The van der Waals surface area contributed by atoms with Crippen molar-refractivity contribution in [1.82, 2.24) is 9.97 Å². The Bertz CT molecular complexity index is 1230. The predicted molar refractivity (Wildman–Crippen MR) is 129 cm³/mol. The van der Waals surface area contributed by atoms with E-state index in [1.54, 1.807) is 18.3 Å². The van der Waals surface area contributed by atoms with E-state index >= 15 is 0 Å². The van der Waals surface area contributed by atoms with Crippen molar-refractivity contribution in [1.29, 1.82) is 5.26 Å². The van der Waals surface area contributed by atoms with Crippen LogP contribution < -0.4 is 5.32 Å². The number of aromatic nitrogens is 2. The standard InChI is InChI=1S/C27H28N4O/c1-5-7-17(3)22(6-2)24-9-21-10-25(29-16-23(21)18(4)30-24)31-26(32)8-19-11-27(12-19)13-20(14-27)15-28/h5-10,16,20H,1,11-14H2,2-4H3,(H,29,31,32)/b17-7-,19-8?,22-6+. The number of nitriles is 1. The van der Waals surface area contributed by atoms with Gasteiger partial charge in [-0.25, -0.2) is 4.98 Å². The Hall–Kier alpha value is -3.52. The molecule has 2 aromatic rings. The van der Waals surface area contributed by atoms with Crippen molar-refractivity contribution in [2.75, 3.05) is 5.32 Å². The van der Waals surface area contributed by atoms with Crippen LogP contribution in [0, 0.1) is 29.6 Å². The molecular formula is C27H28N4O. The average Bonchev–Trinajstić information content (AvgIpc) is 2.69. The summed E-state index contributed by atoms with van der Waals surface area (Å²) in [6.45, 7) is 9.79. The summed E-state index contributed by atoms with van der Waals surface area (Å²) in [5.41, 5.74) is 5.37. The molecule has 0 aliphatic heterocycles. The highest BCUT2D eigenvalue weighted by atomic mass is 16.1. The molecule has 0 saturated heterocycles. The van der Waals surface area contributed by atoms with Gasteiger partial charge in [-0.15, -0.1) is 0 Å². The van der Waals surface area contributed by atoms with Crippen LogP contribution in [-0.2, 0) is 4.79 Å². The SMILES string of the molecule is C=C/C=C(C)\C(=C/C)c1cc2cc(NC(=O)C=C3CC4(C3)CC(C#N)C4)ncc2c(C)n1. The number of carbonyl (C=O) groups is 1. The lowest BCUT2D eigenvalue weighted by Gasteiger charge is -2.53. The number of pyridine rings is 2. The van der Waals surface area contributed by atoms with Crippen molar-refractivity contribution in [3.05, 3.63) is 71.7 Å². The number of amides is 1. The smallest absolute Gasteiger partial charge is 0.249 e. The lowest BCUT2D eigenvalue weighted by molar-refractivity contribution is -0.112. The topological polar surface area (TPSA) is 78.7 Å². The zero-order valence-electron chi connectivity index (χ0n) is 18.9. The summed E-state index contributed by atoms with van der Waals surface area (Å²) in [7, 11) is 0. The molecule has 2 heterocycles. The molecule has 4 rings (SSSR count). The highest BCUT2D eigenvalue weighted by Crippen LogP contribution is 2.60. The van der Waals surface area contributed by atoms with Crippen LogP contribution in [0.1, 0.15) is 50.9 Å². The van der Waals surface area contributed by atoms with Crippen LogP contribution in [0.5, 0.6) is 0 Å². The summed E-state index contributed by atoms with van der Waals surface area (Å²) < 4.78 is 0. The van der Waals surface area contributed by atoms with Crippen LogP contribution in [0.15, 0.2) is 60.4 Å². The molecule has 0 radical (unpaired) electrons. The summed E-state index contributed by atoms with van der Waals surface area (Å²) in [6.07, 6.45) is 13.1. The second-order valence-corrected chi connectivity index (χ2v) is 9.05. The Kier molecular flexibility index (Phi) is 5.80. The van der Waals surface area contributed by atoms with E-state index in [2.05, 4.69) is 22.9 Å². The van der Waals surface area contributed by atoms with Gasteiger partial charge in [0.25, 0.3) is 0 Å². The first-order valence-electron chi connectivity index (χ1n) is 11.0. The van der Waals surface area contributed by atoms with Crippen molar-refractivity contribution >= 4 is 28.1 Å². The third kappa shape index (κ3) is 4.13. The Morgan fingerprint density at radius 2 is 2.09 bits per heavy atom. The molecule has 1 spiro atoms. The van der Waals surface area contributed by atoms with E-state index in [0.29, 0.717) is 5.82 Å². The van der Waals surface area contributed by atoms with Crippen molar-refractivity contribution in [2.45, 2.75) is 46.5 Å². The number of nitrogens with one attached hydrogen (secondary N) is 1. The van der Waals surface area contributed by atoms with Crippen LogP contribution in [-0.4, -0.2) is 15.9 Å². The minimum Gasteiger partial charge on any atom is -0.307 e. The predicted octanol–water partition coefficient (Wildman–Crippen LogP) is 6.05. The van der Waals surface area contributed by atoms with E-state index < -0.39 is 0 Å². The summed E-state index contributed by atoms with van der Waals surface area (Å²) >= 11 is 0. The number of anilines is 1. The fraction of sp³-hybridized carbons (Fsp3) is 0.333. The first-order valence-corrected chi connectivity index (χ1v) is 11.0. The van der Waals surface area contributed by atoms with E-state index in [4.69, 9.17) is 10.2 Å². The second kappa shape index (κ2) is 8.55. The Morgan fingerprint density at radius 1 is 1.34 bits per heavy atom. The van der Waals surface area contributed by atoms with E-state index in [-0.39, 0.29) is 17.2 Å². The number of carbonyl (C=O) groups excluding carboxylic acids is 1. The van der Waals surface area contributed by atoms with Gasteiger partial charge in [-0.05, 0) is 80.5 Å². The fourth-order valence-corrected chi connectivity index (χ4v) is 5.09. The van der Waals surface area contributed by atoms with Gasteiger partial charge in [0.2, 0.25) is 5.91 Å². The van der Waals surface area contributed by atoms with E-state index in [1.165, 1.54) is 0 Å². The van der Waals surface area contributed by atoms with Crippen molar-refractivity contribution < 1.29 is 4.79 Å². The number of nitrogens with zero attached hydrogens (tertiary/aromatic N) is 3. The molecule has 2 saturated carbocycles. The first-order chi connectivity index (χ1) is 15.4. The van der Waals surface area contributed by atoms with Crippen LogP contribution in [0.4, 0.5) is 5.82 Å². The molecule has 5 nitrogen and oxygen atoms in total. The van der Waals surface area contributed by atoms with Gasteiger partial charge in [-0.1, -0.05) is 30.4 Å². The van der Waals surface area contributed by atoms with Crippen molar-refractivity contribution in [3.63, 3.8) is 0 Å². The molecule has 162 valence electrons. The number of fused-ring (bicyclic) bond motifs is 1. The summed E-state index contributed by atoms with van der Waals surface area (Å²) in [5, 5.41) is 13.8. The number of allylic oxidation sites excluding steroid dienone is 6. The molecule has 0 atom stereocenters. The van der Waals surface area contributed by atoms with Crippen LogP contribution in [0.3, 0.4) is 0 Å². The zero-order chi connectivity index (χ0) is 22.9. The maximum atomic E-state index is 12.5. The zero-order valence-corrected chi connectivity index (χ0v) is 18.9. The molecule has 2 aromatic heterocycles. The van der Waals surface area contributed by atoms with Crippen LogP contribution in [0.25, 0.3) is 16.3 Å². The third-order valence-electron chi connectivity index (χ3n) is 6.60. The van der Waals surface area contributed by atoms with Gasteiger partial charge in [-0.3, -0.25) is 9.78 Å². The van der Waals surface area contributed by atoms with Gasteiger partial charge >= 0.3 is 0 Å². The lowest BCUT2D eigenvalue weighted by Crippen LogP contribution is -2.43. The normalized spacial score (nSPS) is 22.7. The van der Waals surface area contributed by atoms with E-state index in [0.717, 1.165) is 64.6 Å². The lowest BCUT2D eigenvalue weighted by atomic mass is 9.50. The van der Waals surface area contributed by atoms with Crippen LogP contribution in [0.2, 0.25) is 0 Å². The largest absolute Gasteiger partial charge is 0.307 e. The summed E-state index contributed by atoms with van der Waals surface area (Å²) in [6, 6.07) is 6.27. The molecule has 5 heteroatoms. The minimum atomic E-state index is -0.150. The Balaban J connectivity index is 1.51. The summed E-state index contributed by atoms with van der Waals surface area (Å²) in [5.74, 6) is 0.579. The molecule has 1 N–H and O–H groups in total. The van der Waals surface area contributed by atoms with Gasteiger partial charge in [0.15, 0.2) is 0 Å². The maximum absolute atomic E-state index is 12.5. The molecular weight excluding hydrogens is 396 g/mol. The second-order valence-electron chi connectivity index (χ2n) is 9.05. The third-order valence-corrected chi connectivity index (χ3v) is 6.60. The number of hydrogen-bond acceptors (Lipinski definition) is 4. The summed E-state index contributed by atoms with van der Waals surface area (Å²) in [4.78, 5) is 21.7. The first kappa shape index (κ1) is 21.7. The average molecular weight is 425 g/mol. The molecule has 0 bridgehead atoms. The monoisotopic (exact) mass is 424 g/mol. The van der Waals surface area contributed by atoms with Gasteiger partial charge in [-0.2, -0.15) is 5.26 Å². The number of rotatable bonds is 5. The number of aryl methyl sites for hydroxylation is 1. The molecule has 2 fully saturated rings. The van der Waals surface area contributed by atoms with E-state index in [1.807, 2.05) is 45.1 Å². The molecule has 1 amide bonds. The maximum Gasteiger partial charge on any atom is 0.249 e. The highest BCUT2D eigenvalue weighted by molar-refractivity contribution is 6.00. The van der Waals surface area contributed by atoms with E-state index in [9.17, 15) is 4.79 Å². The highest BCUT2D eigenvalue weighted by Gasteiger charge is 2.50. The molecule has 2 aliphatic carbocycles. The minimum absolute atomic E-state index is 0.150. The van der Waals surface area contributed by atoms with Gasteiger partial charge in [0.1, 0.15) is 5.82 Å². The molecule has 0 aromatic carbocycles. The van der Waals surface area contributed by atoms with Gasteiger partial charge in [0, 0.05) is 29.3 Å². The molecule has 32 heavy (non-hydrogen) atoms.